The van der Waals surface area contributed by atoms with Crippen molar-refractivity contribution in [2.24, 2.45) is 0 Å². The van der Waals surface area contributed by atoms with E-state index in [1.807, 2.05) is 0 Å². The number of hydrogen-bond donors (Lipinski definition) is 0. The quantitative estimate of drug-likeness (QED) is 0.263. The van der Waals surface area contributed by atoms with E-state index in [-0.39, 0.29) is 42.8 Å². The summed E-state index contributed by atoms with van der Waals surface area (Å²) in [5.41, 5.74) is 0. The van der Waals surface area contributed by atoms with E-state index >= 15 is 0 Å². The molecule has 0 unspecified atom stereocenters. The van der Waals surface area contributed by atoms with Crippen LogP contribution in [-0.2, 0) is 13.6 Å². The summed E-state index contributed by atoms with van der Waals surface area (Å²) in [4.78, 5) is 10.0. The number of phosphoric acid groups is 1. The fourth-order valence-electron chi connectivity index (χ4n) is 0.335. The fraction of sp³-hybridized carbons (Fsp3) is 1.00. The van der Waals surface area contributed by atoms with Crippen LogP contribution in [0.2, 0.25) is 0 Å². The van der Waals surface area contributed by atoms with Crippen LogP contribution in [0.1, 0.15) is 0 Å². The number of rotatable bonds is 0. The van der Waals surface area contributed by atoms with Crippen molar-refractivity contribution in [3.63, 3.8) is 0 Å². The molecule has 0 N–H and O–H groups in total. The van der Waals surface area contributed by atoms with E-state index in [1.54, 1.807) is 0 Å². The molecule has 1 rings (SSSR count). The molecule has 1 heterocycles. The molecule has 0 spiro atoms. The first-order chi connectivity index (χ1) is 3.21. The molecule has 0 amide bonds. The van der Waals surface area contributed by atoms with Gasteiger partial charge in [0.2, 0.25) is 0 Å². The fourth-order valence-corrected chi connectivity index (χ4v) is 1.01. The van der Waals surface area contributed by atoms with Gasteiger partial charge < -0.3 is 13.9 Å². The summed E-state index contributed by atoms with van der Waals surface area (Å²) < 4.78 is 18.2. The van der Waals surface area contributed by atoms with Gasteiger partial charge >= 0.3 is 29.6 Å². The molecule has 1 aliphatic rings. The largest absolute Gasteiger partial charge is 1.00 e. The molecule has 0 atom stereocenters. The van der Waals surface area contributed by atoms with Crippen molar-refractivity contribution in [2.75, 3.05) is 13.2 Å². The van der Waals surface area contributed by atoms with Crippen molar-refractivity contribution in [3.05, 3.63) is 0 Å². The molecule has 0 bridgehead atoms. The second-order valence-electron chi connectivity index (χ2n) is 1.11. The van der Waals surface area contributed by atoms with Crippen LogP contribution in [0.3, 0.4) is 0 Å². The Morgan fingerprint density at radius 1 is 1.38 bits per heavy atom. The van der Waals surface area contributed by atoms with Crippen LogP contribution in [0.15, 0.2) is 0 Å². The molecule has 8 heavy (non-hydrogen) atoms. The maximum Gasteiger partial charge on any atom is 1.00 e. The summed E-state index contributed by atoms with van der Waals surface area (Å²) in [7, 11) is -3.79. The van der Waals surface area contributed by atoms with Crippen molar-refractivity contribution >= 4 is 7.82 Å². The third-order valence-electron chi connectivity index (χ3n) is 0.582. The van der Waals surface area contributed by atoms with E-state index in [0.717, 1.165) is 0 Å². The molecule has 1 aliphatic heterocycles. The Bertz CT molecular complexity index is 105. The normalized spacial score (nSPS) is 24.6. The van der Waals surface area contributed by atoms with E-state index in [0.29, 0.717) is 0 Å². The van der Waals surface area contributed by atoms with Gasteiger partial charge in [0.25, 0.3) is 7.82 Å². The zero-order chi connectivity index (χ0) is 5.33. The van der Waals surface area contributed by atoms with Crippen molar-refractivity contribution in [1.82, 2.24) is 0 Å². The van der Waals surface area contributed by atoms with Crippen molar-refractivity contribution in [1.29, 1.82) is 0 Å². The average molecular weight is 146 g/mol. The van der Waals surface area contributed by atoms with E-state index < -0.39 is 7.82 Å². The minimum atomic E-state index is -3.79. The summed E-state index contributed by atoms with van der Waals surface area (Å²) in [5, 5.41) is 0. The van der Waals surface area contributed by atoms with E-state index in [2.05, 4.69) is 9.05 Å². The molecule has 0 aromatic heterocycles. The SMILES string of the molecule is O=P1([O-])OCCO1.[Na+]. The monoisotopic (exact) mass is 146 g/mol. The topological polar surface area (TPSA) is 58.6 Å². The minimum absolute atomic E-state index is 0. The van der Waals surface area contributed by atoms with Gasteiger partial charge in [-0.05, 0) is 0 Å². The molecular formula is C2H4NaO4P. The molecule has 0 radical (unpaired) electrons. The smallest absolute Gasteiger partial charge is 0.756 e. The Balaban J connectivity index is 0.000000490. The van der Waals surface area contributed by atoms with Crippen LogP contribution in [0.4, 0.5) is 0 Å². The number of hydrogen-bond acceptors (Lipinski definition) is 4. The van der Waals surface area contributed by atoms with Gasteiger partial charge in [-0.1, -0.05) is 0 Å². The van der Waals surface area contributed by atoms with Crippen molar-refractivity contribution < 1.29 is 48.1 Å². The maximum absolute atomic E-state index is 10.0. The van der Waals surface area contributed by atoms with Crippen LogP contribution in [-0.4, -0.2) is 13.2 Å². The molecular weight excluding hydrogens is 142 g/mol. The summed E-state index contributed by atoms with van der Waals surface area (Å²) in [6.45, 7) is 0.335. The summed E-state index contributed by atoms with van der Waals surface area (Å²) >= 11 is 0. The molecule has 6 heteroatoms. The third-order valence-corrected chi connectivity index (χ3v) is 1.58. The van der Waals surface area contributed by atoms with Crippen molar-refractivity contribution in [3.8, 4) is 0 Å². The Kier molecular flexibility index (Phi) is 3.78. The average Bonchev–Trinajstić information content (AvgIpc) is 1.84. The zero-order valence-corrected chi connectivity index (χ0v) is 7.39. The standard InChI is InChI=1S/C2H5O4P.Na/c3-7(4)5-1-2-6-7;/h1-2H2,(H,3,4);/q;+1/p-1. The third kappa shape index (κ3) is 2.60. The van der Waals surface area contributed by atoms with E-state index in [1.165, 1.54) is 0 Å². The maximum atomic E-state index is 10.0. The summed E-state index contributed by atoms with van der Waals surface area (Å²) in [6.07, 6.45) is 0. The minimum Gasteiger partial charge on any atom is -0.756 e. The van der Waals surface area contributed by atoms with Gasteiger partial charge in [-0.25, -0.2) is 0 Å². The molecule has 0 aromatic carbocycles. The second kappa shape index (κ2) is 3.32. The van der Waals surface area contributed by atoms with Crippen molar-refractivity contribution in [2.45, 2.75) is 0 Å². The zero-order valence-electron chi connectivity index (χ0n) is 4.49. The summed E-state index contributed by atoms with van der Waals surface area (Å²) in [5.74, 6) is 0. The summed E-state index contributed by atoms with van der Waals surface area (Å²) in [6, 6.07) is 0. The molecule has 1 fully saturated rings. The van der Waals surface area contributed by atoms with Crippen LogP contribution < -0.4 is 34.5 Å². The van der Waals surface area contributed by atoms with E-state index in [9.17, 15) is 9.46 Å². The van der Waals surface area contributed by atoms with Gasteiger partial charge in [-0.2, -0.15) is 0 Å². The van der Waals surface area contributed by atoms with E-state index in [4.69, 9.17) is 0 Å². The van der Waals surface area contributed by atoms with Gasteiger partial charge in [0.1, 0.15) is 0 Å². The first-order valence-electron chi connectivity index (χ1n) is 1.81. The van der Waals surface area contributed by atoms with Crippen LogP contribution in [0, 0.1) is 0 Å². The van der Waals surface area contributed by atoms with Gasteiger partial charge in [0.15, 0.2) is 0 Å². The Hall–Kier alpha value is 1.11. The van der Waals surface area contributed by atoms with Gasteiger partial charge in [-0.15, -0.1) is 0 Å². The van der Waals surface area contributed by atoms with Gasteiger partial charge in [-0.3, -0.25) is 4.57 Å². The Labute approximate surface area is 69.1 Å². The van der Waals surface area contributed by atoms with Gasteiger partial charge in [0.05, 0.1) is 13.2 Å². The molecule has 0 aliphatic carbocycles. The first kappa shape index (κ1) is 9.11. The van der Waals surface area contributed by atoms with Gasteiger partial charge in [0, 0.05) is 0 Å². The van der Waals surface area contributed by atoms with Crippen LogP contribution >= 0.6 is 7.82 Å². The molecule has 1 saturated heterocycles. The predicted octanol–water partition coefficient (Wildman–Crippen LogP) is -3.49. The Morgan fingerprint density at radius 3 is 1.88 bits per heavy atom. The molecule has 0 aromatic rings. The number of phosphoric ester groups is 1. The predicted molar refractivity (Wildman–Crippen MR) is 19.5 cm³/mol. The molecule has 0 saturated carbocycles. The van der Waals surface area contributed by atoms with Crippen LogP contribution in [0.25, 0.3) is 0 Å². The Morgan fingerprint density at radius 2 is 1.75 bits per heavy atom. The first-order valence-corrected chi connectivity index (χ1v) is 3.27. The molecule has 4 nitrogen and oxygen atoms in total. The van der Waals surface area contributed by atoms with Crippen LogP contribution in [0.5, 0.6) is 0 Å². The second-order valence-corrected chi connectivity index (χ2v) is 2.52. The molecule has 42 valence electrons.